The van der Waals surface area contributed by atoms with Crippen LogP contribution in [0.15, 0.2) is 16.5 Å². The molecular weight excluding hydrogens is 390 g/mol. The maximum Gasteiger partial charge on any atom is 0.319 e. The van der Waals surface area contributed by atoms with E-state index in [0.717, 1.165) is 67.6 Å². The molecule has 0 radical (unpaired) electrons. The maximum absolute atomic E-state index is 12.4. The number of rotatable bonds is 3. The van der Waals surface area contributed by atoms with Crippen LogP contribution in [0.2, 0.25) is 5.02 Å². The van der Waals surface area contributed by atoms with E-state index in [1.807, 2.05) is 6.07 Å². The minimum absolute atomic E-state index is 0.179. The number of likely N-dealkylation sites (tertiary alicyclic amines) is 1. The maximum atomic E-state index is 12.4. The van der Waals surface area contributed by atoms with E-state index in [9.17, 15) is 9.90 Å². The van der Waals surface area contributed by atoms with Gasteiger partial charge in [-0.1, -0.05) is 30.9 Å². The van der Waals surface area contributed by atoms with Crippen LogP contribution in [0.25, 0.3) is 11.0 Å². The van der Waals surface area contributed by atoms with E-state index in [0.29, 0.717) is 35.1 Å². The zero-order valence-electron chi connectivity index (χ0n) is 16.3. The summed E-state index contributed by atoms with van der Waals surface area (Å²) < 4.78 is 6.41. The lowest BCUT2D eigenvalue weighted by molar-refractivity contribution is 0.207. The molecule has 6 rings (SSSR count). The Morgan fingerprint density at radius 3 is 2.69 bits per heavy atom. The smallest absolute Gasteiger partial charge is 0.319 e. The molecule has 2 aromatic rings. The molecule has 3 heterocycles. The van der Waals surface area contributed by atoms with Crippen molar-refractivity contribution in [2.75, 3.05) is 25.0 Å². The van der Waals surface area contributed by atoms with Crippen LogP contribution < -0.4 is 10.6 Å². The Bertz CT molecular complexity index is 985. The third kappa shape index (κ3) is 2.72. The fourth-order valence-electron chi connectivity index (χ4n) is 6.17. The number of halogens is 1. The Labute approximate surface area is 174 Å². The largest absolute Gasteiger partial charge is 0.459 e. The van der Waals surface area contributed by atoms with Crippen molar-refractivity contribution in [1.82, 2.24) is 10.2 Å². The number of fused-ring (bicyclic) bond motifs is 5. The Kier molecular flexibility index (Phi) is 3.96. The van der Waals surface area contributed by atoms with Gasteiger partial charge >= 0.3 is 6.03 Å². The first-order valence-electron chi connectivity index (χ1n) is 10.8. The van der Waals surface area contributed by atoms with E-state index in [1.165, 1.54) is 6.42 Å². The van der Waals surface area contributed by atoms with Crippen molar-refractivity contribution in [2.24, 2.45) is 17.8 Å². The van der Waals surface area contributed by atoms with Gasteiger partial charge in [0.15, 0.2) is 0 Å². The van der Waals surface area contributed by atoms with Gasteiger partial charge in [-0.25, -0.2) is 4.79 Å². The fourth-order valence-corrected chi connectivity index (χ4v) is 6.43. The molecule has 7 heteroatoms. The molecule has 2 amide bonds. The number of nitrogens with zero attached hydrogens (tertiary/aromatic N) is 1. The van der Waals surface area contributed by atoms with Crippen LogP contribution >= 0.6 is 11.6 Å². The van der Waals surface area contributed by atoms with Crippen molar-refractivity contribution in [3.05, 3.63) is 28.5 Å². The number of carbonyl (C=O) groups excluding carboxylic acids is 1. The van der Waals surface area contributed by atoms with Gasteiger partial charge in [0, 0.05) is 30.6 Å². The Morgan fingerprint density at radius 1 is 1.21 bits per heavy atom. The topological polar surface area (TPSA) is 77.7 Å². The van der Waals surface area contributed by atoms with Crippen LogP contribution in [0.1, 0.15) is 43.4 Å². The quantitative estimate of drug-likeness (QED) is 0.706. The van der Waals surface area contributed by atoms with Gasteiger partial charge in [0.05, 0.1) is 22.8 Å². The summed E-state index contributed by atoms with van der Waals surface area (Å²) in [7, 11) is 0. The molecule has 3 fully saturated rings. The van der Waals surface area contributed by atoms with E-state index < -0.39 is 5.54 Å². The highest BCUT2D eigenvalue weighted by molar-refractivity contribution is 6.35. The molecule has 29 heavy (non-hydrogen) atoms. The third-order valence-corrected chi connectivity index (χ3v) is 7.92. The standard InChI is InChI=1S/C22H26ClN3O3/c23-17-7-12-6-13(8-26-9-14-15(10-26)16(14)11-27)29-20(12)18-19(17)24-21(28)25-22(18)4-2-1-3-5-22/h6-7,14-16,27H,1-5,8-11H2,(H2,24,25,28). The number of hydrogen-bond donors (Lipinski definition) is 3. The number of amides is 2. The lowest BCUT2D eigenvalue weighted by atomic mass is 9.74. The first-order valence-corrected chi connectivity index (χ1v) is 11.1. The van der Waals surface area contributed by atoms with Gasteiger partial charge in [-0.15, -0.1) is 0 Å². The molecular formula is C22H26ClN3O3. The molecule has 2 aliphatic carbocycles. The summed E-state index contributed by atoms with van der Waals surface area (Å²) in [5.41, 5.74) is 2.19. The van der Waals surface area contributed by atoms with Crippen molar-refractivity contribution in [1.29, 1.82) is 0 Å². The summed E-state index contributed by atoms with van der Waals surface area (Å²) in [6.45, 7) is 3.17. The minimum Gasteiger partial charge on any atom is -0.459 e. The number of furan rings is 1. The Morgan fingerprint density at radius 2 is 1.97 bits per heavy atom. The van der Waals surface area contributed by atoms with Gasteiger partial charge < -0.3 is 20.2 Å². The number of nitrogens with one attached hydrogen (secondary N) is 2. The average molecular weight is 416 g/mol. The highest BCUT2D eigenvalue weighted by atomic mass is 35.5. The summed E-state index contributed by atoms with van der Waals surface area (Å²) in [6.07, 6.45) is 5.20. The second-order valence-electron chi connectivity index (χ2n) is 9.33. The summed E-state index contributed by atoms with van der Waals surface area (Å²) >= 11 is 6.61. The first-order chi connectivity index (χ1) is 14.1. The van der Waals surface area contributed by atoms with Gasteiger partial charge in [0.1, 0.15) is 11.3 Å². The predicted molar refractivity (Wildman–Crippen MR) is 111 cm³/mol. The SMILES string of the molecule is O=C1Nc2c(Cl)cc3cc(CN4CC5C(CO)C5C4)oc3c2C2(CCCCC2)N1. The molecule has 2 saturated carbocycles. The number of piperidine rings is 1. The normalized spacial score (nSPS) is 30.1. The van der Waals surface area contributed by atoms with E-state index in [-0.39, 0.29) is 6.03 Å². The molecule has 1 spiro atoms. The molecule has 0 bridgehead atoms. The molecule has 2 unspecified atom stereocenters. The van der Waals surface area contributed by atoms with Crippen LogP contribution in [0, 0.1) is 17.8 Å². The van der Waals surface area contributed by atoms with E-state index in [4.69, 9.17) is 16.0 Å². The number of hydrogen-bond acceptors (Lipinski definition) is 4. The lowest BCUT2D eigenvalue weighted by Crippen LogP contribution is -2.52. The molecule has 2 atom stereocenters. The molecule has 154 valence electrons. The van der Waals surface area contributed by atoms with Gasteiger partial charge in [-0.2, -0.15) is 0 Å². The molecule has 1 aromatic carbocycles. The summed E-state index contributed by atoms with van der Waals surface area (Å²) in [4.78, 5) is 14.8. The van der Waals surface area contributed by atoms with Gasteiger partial charge in [0.25, 0.3) is 0 Å². The number of carbonyl (C=O) groups is 1. The molecule has 4 aliphatic rings. The van der Waals surface area contributed by atoms with Gasteiger partial charge in [-0.3, -0.25) is 4.90 Å². The van der Waals surface area contributed by atoms with Crippen molar-refractivity contribution in [3.8, 4) is 0 Å². The number of aliphatic hydroxyl groups is 1. The lowest BCUT2D eigenvalue weighted by Gasteiger charge is -2.42. The van der Waals surface area contributed by atoms with Crippen LogP contribution in [0.5, 0.6) is 0 Å². The molecule has 1 aromatic heterocycles. The number of aliphatic hydroxyl groups excluding tert-OH is 1. The zero-order valence-corrected chi connectivity index (χ0v) is 17.1. The zero-order chi connectivity index (χ0) is 19.8. The number of benzene rings is 1. The van der Waals surface area contributed by atoms with Gasteiger partial charge in [-0.05, 0) is 42.7 Å². The van der Waals surface area contributed by atoms with Crippen LogP contribution in [0.4, 0.5) is 10.5 Å². The van der Waals surface area contributed by atoms with Crippen molar-refractivity contribution < 1.29 is 14.3 Å². The highest BCUT2D eigenvalue weighted by Crippen LogP contribution is 2.52. The average Bonchev–Trinajstić information content (AvgIpc) is 2.99. The van der Waals surface area contributed by atoms with Crippen LogP contribution in [-0.2, 0) is 12.1 Å². The second-order valence-corrected chi connectivity index (χ2v) is 9.74. The van der Waals surface area contributed by atoms with Crippen molar-refractivity contribution in [2.45, 2.75) is 44.2 Å². The third-order valence-electron chi connectivity index (χ3n) is 7.62. The molecule has 6 nitrogen and oxygen atoms in total. The first kappa shape index (κ1) is 18.0. The van der Waals surface area contributed by atoms with E-state index in [1.54, 1.807) is 0 Å². The molecule has 3 N–H and O–H groups in total. The number of urea groups is 1. The van der Waals surface area contributed by atoms with Crippen LogP contribution in [0.3, 0.4) is 0 Å². The highest BCUT2D eigenvalue weighted by Gasteiger charge is 2.55. The molecule has 2 aliphatic heterocycles. The van der Waals surface area contributed by atoms with E-state index >= 15 is 0 Å². The van der Waals surface area contributed by atoms with Gasteiger partial charge in [0.2, 0.25) is 0 Å². The Balaban J connectivity index is 1.37. The monoisotopic (exact) mass is 415 g/mol. The minimum atomic E-state index is -0.391. The van der Waals surface area contributed by atoms with Crippen LogP contribution in [-0.4, -0.2) is 35.7 Å². The van der Waals surface area contributed by atoms with Crippen molar-refractivity contribution in [3.63, 3.8) is 0 Å². The second kappa shape index (κ2) is 6.37. The summed E-state index contributed by atoms with van der Waals surface area (Å²) in [6, 6.07) is 3.83. The Hall–Kier alpha value is -1.76. The predicted octanol–water partition coefficient (Wildman–Crippen LogP) is 4.05. The summed E-state index contributed by atoms with van der Waals surface area (Å²) in [5.74, 6) is 2.75. The fraction of sp³-hybridized carbons (Fsp3) is 0.591. The molecule has 1 saturated heterocycles. The van der Waals surface area contributed by atoms with E-state index in [2.05, 4.69) is 21.6 Å². The summed E-state index contributed by atoms with van der Waals surface area (Å²) in [5, 5.41) is 17.1. The van der Waals surface area contributed by atoms with Crippen molar-refractivity contribution >= 4 is 34.3 Å². The number of anilines is 1.